The van der Waals surface area contributed by atoms with Gasteiger partial charge in [-0.2, -0.15) is 0 Å². The van der Waals surface area contributed by atoms with Crippen molar-refractivity contribution in [1.82, 2.24) is 9.97 Å². The molecule has 0 atom stereocenters. The van der Waals surface area contributed by atoms with Gasteiger partial charge in [0.05, 0.1) is 10.8 Å². The van der Waals surface area contributed by atoms with Crippen molar-refractivity contribution in [2.75, 3.05) is 4.72 Å². The van der Waals surface area contributed by atoms with E-state index < -0.39 is 15.8 Å². The molecule has 1 N–H and O–H groups in total. The number of halogens is 2. The molecular weight excluding hydrogens is 317 g/mol. The molecular formula is C13H13ClFN3O2S. The molecule has 0 radical (unpaired) electrons. The summed E-state index contributed by atoms with van der Waals surface area (Å²) in [6.07, 6.45) is 0. The normalized spacial score (nSPS) is 11.4. The third-order valence-electron chi connectivity index (χ3n) is 2.57. The standard InChI is InChI=1S/C13H13ClFN3O2S/c1-8-5-9(2)17-13(16-8)18-21(19,20)7-10-3-4-12(15)11(14)6-10/h3-6H,7H2,1-2H3,(H,16,17,18). The third-order valence-corrected chi connectivity index (χ3v) is 4.07. The van der Waals surface area contributed by atoms with Gasteiger partial charge in [0.25, 0.3) is 0 Å². The third kappa shape index (κ3) is 4.37. The lowest BCUT2D eigenvalue weighted by atomic mass is 10.2. The zero-order valence-electron chi connectivity index (χ0n) is 11.4. The van der Waals surface area contributed by atoms with Crippen LogP contribution in [-0.2, 0) is 15.8 Å². The molecule has 0 spiro atoms. The Morgan fingerprint density at radius 3 is 2.38 bits per heavy atom. The van der Waals surface area contributed by atoms with Crippen LogP contribution in [0.2, 0.25) is 5.02 Å². The van der Waals surface area contributed by atoms with E-state index in [1.807, 2.05) is 0 Å². The summed E-state index contributed by atoms with van der Waals surface area (Å²) >= 11 is 5.63. The first-order valence-corrected chi connectivity index (χ1v) is 8.05. The minimum Gasteiger partial charge on any atom is -0.251 e. The lowest BCUT2D eigenvalue weighted by Crippen LogP contribution is -2.17. The second-order valence-corrected chi connectivity index (χ2v) is 6.71. The molecule has 0 saturated carbocycles. The maximum atomic E-state index is 13.1. The first-order chi connectivity index (χ1) is 9.75. The topological polar surface area (TPSA) is 72.0 Å². The summed E-state index contributed by atoms with van der Waals surface area (Å²) in [7, 11) is -3.71. The van der Waals surface area contributed by atoms with Crippen molar-refractivity contribution < 1.29 is 12.8 Å². The summed E-state index contributed by atoms with van der Waals surface area (Å²) in [5.74, 6) is -0.923. The number of nitrogens with zero attached hydrogens (tertiary/aromatic N) is 2. The van der Waals surface area contributed by atoms with Crippen LogP contribution in [0.15, 0.2) is 24.3 Å². The van der Waals surface area contributed by atoms with Crippen molar-refractivity contribution in [1.29, 1.82) is 0 Å². The van der Waals surface area contributed by atoms with E-state index in [2.05, 4.69) is 14.7 Å². The fourth-order valence-electron chi connectivity index (χ4n) is 1.80. The minimum absolute atomic E-state index is 0.0145. The number of hydrogen-bond donors (Lipinski definition) is 1. The minimum atomic E-state index is -3.71. The highest BCUT2D eigenvalue weighted by atomic mass is 35.5. The second kappa shape index (κ2) is 5.95. The number of sulfonamides is 1. The summed E-state index contributed by atoms with van der Waals surface area (Å²) < 4.78 is 39.5. The van der Waals surface area contributed by atoms with E-state index in [4.69, 9.17) is 11.6 Å². The molecule has 0 aliphatic rings. The van der Waals surface area contributed by atoms with E-state index in [1.165, 1.54) is 12.1 Å². The monoisotopic (exact) mass is 329 g/mol. The zero-order chi connectivity index (χ0) is 15.6. The molecule has 1 aromatic carbocycles. The highest BCUT2D eigenvalue weighted by Gasteiger charge is 2.15. The predicted molar refractivity (Wildman–Crippen MR) is 79.2 cm³/mol. The molecule has 2 aromatic rings. The van der Waals surface area contributed by atoms with Crippen molar-refractivity contribution >= 4 is 27.6 Å². The number of benzene rings is 1. The van der Waals surface area contributed by atoms with Gasteiger partial charge in [-0.1, -0.05) is 17.7 Å². The SMILES string of the molecule is Cc1cc(C)nc(NS(=O)(=O)Cc2ccc(F)c(Cl)c2)n1. The van der Waals surface area contributed by atoms with Gasteiger partial charge >= 0.3 is 0 Å². The van der Waals surface area contributed by atoms with Crippen molar-refractivity contribution in [2.24, 2.45) is 0 Å². The molecule has 0 fully saturated rings. The Balaban J connectivity index is 2.20. The van der Waals surface area contributed by atoms with E-state index in [0.717, 1.165) is 6.07 Å². The van der Waals surface area contributed by atoms with Crippen LogP contribution in [-0.4, -0.2) is 18.4 Å². The van der Waals surface area contributed by atoms with Crippen LogP contribution in [0.4, 0.5) is 10.3 Å². The van der Waals surface area contributed by atoms with E-state index in [9.17, 15) is 12.8 Å². The van der Waals surface area contributed by atoms with Gasteiger partial charge in [0, 0.05) is 11.4 Å². The molecule has 0 saturated heterocycles. The average molecular weight is 330 g/mol. The number of aryl methyl sites for hydroxylation is 2. The largest absolute Gasteiger partial charge is 0.251 e. The van der Waals surface area contributed by atoms with Crippen LogP contribution in [0.25, 0.3) is 0 Å². The molecule has 0 unspecified atom stereocenters. The Hall–Kier alpha value is -1.73. The van der Waals surface area contributed by atoms with Crippen molar-refractivity contribution in [3.8, 4) is 0 Å². The molecule has 1 heterocycles. The first-order valence-electron chi connectivity index (χ1n) is 6.02. The Morgan fingerprint density at radius 1 is 1.19 bits per heavy atom. The van der Waals surface area contributed by atoms with Crippen LogP contribution in [0.5, 0.6) is 0 Å². The number of rotatable bonds is 4. The van der Waals surface area contributed by atoms with Gasteiger partial charge in [0.1, 0.15) is 5.82 Å². The Labute approximate surface area is 127 Å². The molecule has 0 amide bonds. The molecule has 0 aliphatic heterocycles. The molecule has 21 heavy (non-hydrogen) atoms. The van der Waals surface area contributed by atoms with Gasteiger partial charge in [-0.25, -0.2) is 22.8 Å². The fourth-order valence-corrected chi connectivity index (χ4v) is 3.06. The average Bonchev–Trinajstić information content (AvgIpc) is 2.31. The lowest BCUT2D eigenvalue weighted by Gasteiger charge is -2.08. The van der Waals surface area contributed by atoms with Crippen LogP contribution in [0, 0.1) is 19.7 Å². The van der Waals surface area contributed by atoms with E-state index >= 15 is 0 Å². The summed E-state index contributed by atoms with van der Waals surface area (Å²) in [4.78, 5) is 8.01. The first kappa shape index (κ1) is 15.7. The molecule has 112 valence electrons. The van der Waals surface area contributed by atoms with E-state index in [1.54, 1.807) is 19.9 Å². The summed E-state index contributed by atoms with van der Waals surface area (Å²) in [5.41, 5.74) is 1.69. The van der Waals surface area contributed by atoms with Gasteiger partial charge in [-0.3, -0.25) is 4.72 Å². The molecule has 1 aromatic heterocycles. The van der Waals surface area contributed by atoms with E-state index in [-0.39, 0.29) is 16.7 Å². The number of nitrogens with one attached hydrogen (secondary N) is 1. The summed E-state index contributed by atoms with van der Waals surface area (Å²) in [6, 6.07) is 5.50. The Bertz CT molecular complexity index is 761. The molecule has 5 nitrogen and oxygen atoms in total. The Morgan fingerprint density at radius 2 is 1.81 bits per heavy atom. The highest BCUT2D eigenvalue weighted by molar-refractivity contribution is 7.91. The molecule has 0 aliphatic carbocycles. The van der Waals surface area contributed by atoms with Gasteiger partial charge in [0.2, 0.25) is 16.0 Å². The van der Waals surface area contributed by atoms with Crippen molar-refractivity contribution in [2.45, 2.75) is 19.6 Å². The van der Waals surface area contributed by atoms with Crippen LogP contribution in [0.3, 0.4) is 0 Å². The second-order valence-electron chi connectivity index (χ2n) is 4.58. The zero-order valence-corrected chi connectivity index (χ0v) is 13.0. The fraction of sp³-hybridized carbons (Fsp3) is 0.231. The summed E-state index contributed by atoms with van der Waals surface area (Å²) in [5, 5.41) is -0.120. The highest BCUT2D eigenvalue weighted by Crippen LogP contribution is 2.18. The molecule has 8 heteroatoms. The number of hydrogen-bond acceptors (Lipinski definition) is 4. The van der Waals surface area contributed by atoms with Crippen LogP contribution < -0.4 is 4.72 Å². The quantitative estimate of drug-likeness (QED) is 0.936. The van der Waals surface area contributed by atoms with Crippen LogP contribution in [0.1, 0.15) is 17.0 Å². The smallest absolute Gasteiger partial charge is 0.239 e. The van der Waals surface area contributed by atoms with Crippen molar-refractivity contribution in [3.05, 3.63) is 52.1 Å². The molecule has 2 rings (SSSR count). The Kier molecular flexibility index (Phi) is 4.43. The summed E-state index contributed by atoms with van der Waals surface area (Å²) in [6.45, 7) is 3.48. The van der Waals surface area contributed by atoms with Gasteiger partial charge in [0.15, 0.2) is 0 Å². The number of anilines is 1. The molecule has 0 bridgehead atoms. The van der Waals surface area contributed by atoms with Gasteiger partial charge < -0.3 is 0 Å². The van der Waals surface area contributed by atoms with Gasteiger partial charge in [-0.15, -0.1) is 0 Å². The lowest BCUT2D eigenvalue weighted by molar-refractivity contribution is 0.599. The van der Waals surface area contributed by atoms with Gasteiger partial charge in [-0.05, 0) is 37.6 Å². The maximum Gasteiger partial charge on any atom is 0.239 e. The maximum absolute atomic E-state index is 13.1. The van der Waals surface area contributed by atoms with Crippen molar-refractivity contribution in [3.63, 3.8) is 0 Å². The van der Waals surface area contributed by atoms with Crippen LogP contribution >= 0.6 is 11.6 Å². The van der Waals surface area contributed by atoms with E-state index in [0.29, 0.717) is 17.0 Å². The number of aromatic nitrogens is 2. The predicted octanol–water partition coefficient (Wildman–Crippen LogP) is 2.83.